The number of benzene rings is 1. The van der Waals surface area contributed by atoms with Crippen molar-refractivity contribution in [2.24, 2.45) is 5.92 Å². The molecule has 10 nitrogen and oxygen atoms in total. The number of nitrogens with zero attached hydrogens (tertiary/aromatic N) is 2. The molecule has 1 rings (SSSR count). The van der Waals surface area contributed by atoms with Crippen molar-refractivity contribution in [3.63, 3.8) is 0 Å². The number of nitro benzene ring substituents is 1. The van der Waals surface area contributed by atoms with Crippen LogP contribution in [0, 0.1) is 16.0 Å². The zero-order valence-corrected chi connectivity index (χ0v) is 17.2. The minimum atomic E-state index is -4.10. The first kappa shape index (κ1) is 23.5. The molecule has 0 radical (unpaired) electrons. The number of non-ortho nitro benzene ring substituents is 1. The van der Waals surface area contributed by atoms with Crippen molar-refractivity contribution in [3.8, 4) is 0 Å². The SMILES string of the molecule is COC(=O)[C@H](C)NC(=O)[C@H](CC(C)C)N(C)S(=O)(=O)c1ccc([N+](=O)[O-])cc1. The van der Waals surface area contributed by atoms with Crippen LogP contribution in [-0.2, 0) is 24.3 Å². The minimum Gasteiger partial charge on any atom is -0.467 e. The Balaban J connectivity index is 3.16. The predicted molar refractivity (Wildman–Crippen MR) is 101 cm³/mol. The molecule has 0 spiro atoms. The number of likely N-dealkylation sites (N-methyl/N-ethyl adjacent to an activating group) is 1. The highest BCUT2D eigenvalue weighted by Gasteiger charge is 2.34. The molecule has 1 N–H and O–H groups in total. The van der Waals surface area contributed by atoms with Gasteiger partial charge in [-0.15, -0.1) is 0 Å². The zero-order valence-electron chi connectivity index (χ0n) is 16.4. The van der Waals surface area contributed by atoms with E-state index in [-0.39, 0.29) is 22.9 Å². The van der Waals surface area contributed by atoms with Gasteiger partial charge in [-0.2, -0.15) is 4.31 Å². The first-order chi connectivity index (χ1) is 12.9. The van der Waals surface area contributed by atoms with Gasteiger partial charge >= 0.3 is 5.97 Å². The molecule has 28 heavy (non-hydrogen) atoms. The molecule has 0 saturated carbocycles. The number of esters is 1. The normalized spacial score (nSPS) is 13.8. The van der Waals surface area contributed by atoms with E-state index in [1.807, 2.05) is 13.8 Å². The van der Waals surface area contributed by atoms with Crippen LogP contribution in [0.3, 0.4) is 0 Å². The number of nitro groups is 1. The second kappa shape index (κ2) is 9.60. The van der Waals surface area contributed by atoms with E-state index in [9.17, 15) is 28.1 Å². The molecule has 0 saturated heterocycles. The van der Waals surface area contributed by atoms with Crippen molar-refractivity contribution in [2.75, 3.05) is 14.2 Å². The van der Waals surface area contributed by atoms with E-state index >= 15 is 0 Å². The van der Waals surface area contributed by atoms with Crippen LogP contribution in [0.2, 0.25) is 0 Å². The summed E-state index contributed by atoms with van der Waals surface area (Å²) in [5.74, 6) is -1.31. The molecule has 0 bridgehead atoms. The first-order valence-corrected chi connectivity index (χ1v) is 9.96. The van der Waals surface area contributed by atoms with Crippen LogP contribution in [0.1, 0.15) is 27.2 Å². The van der Waals surface area contributed by atoms with Crippen molar-refractivity contribution in [2.45, 2.75) is 44.2 Å². The third-order valence-corrected chi connectivity index (χ3v) is 5.95. The fourth-order valence-electron chi connectivity index (χ4n) is 2.49. The number of carbonyl (C=O) groups is 2. The Kier molecular flexibility index (Phi) is 8.06. The highest BCUT2D eigenvalue weighted by molar-refractivity contribution is 7.89. The van der Waals surface area contributed by atoms with Crippen LogP contribution in [0.5, 0.6) is 0 Å². The van der Waals surface area contributed by atoms with Gasteiger partial charge in [0.25, 0.3) is 5.69 Å². The van der Waals surface area contributed by atoms with Crippen molar-refractivity contribution in [1.29, 1.82) is 0 Å². The molecule has 0 heterocycles. The Morgan fingerprint density at radius 1 is 1.21 bits per heavy atom. The van der Waals surface area contributed by atoms with Crippen LogP contribution in [0.4, 0.5) is 5.69 Å². The van der Waals surface area contributed by atoms with Crippen LogP contribution < -0.4 is 5.32 Å². The standard InChI is InChI=1S/C17H25N3O7S/c1-11(2)10-15(16(21)18-12(3)17(22)27-5)19(4)28(25,26)14-8-6-13(7-9-14)20(23)24/h6-9,11-12,15H,10H2,1-5H3,(H,18,21)/t12-,15-/m0/s1. The Hall–Kier alpha value is -2.53. The summed E-state index contributed by atoms with van der Waals surface area (Å²) in [6, 6.07) is 2.38. The molecular formula is C17H25N3O7S. The minimum absolute atomic E-state index is 0.0151. The molecule has 0 aliphatic carbocycles. The van der Waals surface area contributed by atoms with E-state index in [1.54, 1.807) is 0 Å². The van der Waals surface area contributed by atoms with Gasteiger partial charge in [-0.3, -0.25) is 14.9 Å². The number of methoxy groups -OCH3 is 1. The lowest BCUT2D eigenvalue weighted by molar-refractivity contribution is -0.384. The smallest absolute Gasteiger partial charge is 0.328 e. The molecule has 0 aliphatic heterocycles. The fourth-order valence-corrected chi connectivity index (χ4v) is 3.82. The summed E-state index contributed by atoms with van der Waals surface area (Å²) >= 11 is 0. The molecule has 2 atom stereocenters. The van der Waals surface area contributed by atoms with Gasteiger partial charge in [0, 0.05) is 19.2 Å². The molecule has 1 aromatic carbocycles. The second-order valence-electron chi connectivity index (χ2n) is 6.67. The third kappa shape index (κ3) is 5.73. The van der Waals surface area contributed by atoms with E-state index in [0.717, 1.165) is 28.6 Å². The van der Waals surface area contributed by atoms with Gasteiger partial charge in [-0.1, -0.05) is 13.8 Å². The van der Waals surface area contributed by atoms with E-state index < -0.39 is 38.9 Å². The van der Waals surface area contributed by atoms with E-state index in [0.29, 0.717) is 0 Å². The fraction of sp³-hybridized carbons (Fsp3) is 0.529. The topological polar surface area (TPSA) is 136 Å². The van der Waals surface area contributed by atoms with Gasteiger partial charge in [-0.05, 0) is 31.4 Å². The van der Waals surface area contributed by atoms with Gasteiger partial charge in [0.2, 0.25) is 15.9 Å². The van der Waals surface area contributed by atoms with Crippen molar-refractivity contribution < 1.29 is 27.7 Å². The number of carbonyl (C=O) groups excluding carboxylic acids is 2. The zero-order chi connectivity index (χ0) is 21.6. The number of nitrogens with one attached hydrogen (secondary N) is 1. The summed E-state index contributed by atoms with van der Waals surface area (Å²) in [6.07, 6.45) is 0.211. The maximum Gasteiger partial charge on any atom is 0.328 e. The van der Waals surface area contributed by atoms with Gasteiger partial charge in [-0.25, -0.2) is 13.2 Å². The quantitative estimate of drug-likeness (QED) is 0.365. The number of sulfonamides is 1. The summed E-state index contributed by atoms with van der Waals surface area (Å²) in [4.78, 5) is 34.1. The summed E-state index contributed by atoms with van der Waals surface area (Å²) < 4.78 is 31.3. The molecule has 1 aromatic rings. The van der Waals surface area contributed by atoms with Crippen LogP contribution >= 0.6 is 0 Å². The first-order valence-electron chi connectivity index (χ1n) is 8.52. The van der Waals surface area contributed by atoms with Crippen molar-refractivity contribution >= 4 is 27.6 Å². The number of hydrogen-bond donors (Lipinski definition) is 1. The lowest BCUT2D eigenvalue weighted by Crippen LogP contribution is -2.51. The molecule has 1 amide bonds. The van der Waals surface area contributed by atoms with Crippen LogP contribution in [0.15, 0.2) is 29.2 Å². The summed E-state index contributed by atoms with van der Waals surface area (Å²) in [5, 5.41) is 13.2. The van der Waals surface area contributed by atoms with Gasteiger partial charge in [0.1, 0.15) is 12.1 Å². The highest BCUT2D eigenvalue weighted by Crippen LogP contribution is 2.22. The van der Waals surface area contributed by atoms with Gasteiger partial charge < -0.3 is 10.1 Å². The Morgan fingerprint density at radius 3 is 2.18 bits per heavy atom. The van der Waals surface area contributed by atoms with Crippen LogP contribution in [-0.4, -0.2) is 55.8 Å². The van der Waals surface area contributed by atoms with Crippen molar-refractivity contribution in [1.82, 2.24) is 9.62 Å². The monoisotopic (exact) mass is 415 g/mol. The molecule has 0 aliphatic rings. The lowest BCUT2D eigenvalue weighted by Gasteiger charge is -2.28. The number of rotatable bonds is 9. The average molecular weight is 415 g/mol. The predicted octanol–water partition coefficient (Wildman–Crippen LogP) is 1.31. The summed E-state index contributed by atoms with van der Waals surface area (Å²) in [7, 11) is -1.66. The summed E-state index contributed by atoms with van der Waals surface area (Å²) in [5.41, 5.74) is -0.245. The molecule has 0 aromatic heterocycles. The van der Waals surface area contributed by atoms with Crippen molar-refractivity contribution in [3.05, 3.63) is 34.4 Å². The van der Waals surface area contributed by atoms with E-state index in [1.165, 1.54) is 21.1 Å². The maximum atomic E-state index is 12.9. The molecule has 0 unspecified atom stereocenters. The number of ether oxygens (including phenoxy) is 1. The molecular weight excluding hydrogens is 390 g/mol. The number of amides is 1. The van der Waals surface area contributed by atoms with E-state index in [2.05, 4.69) is 10.1 Å². The second-order valence-corrected chi connectivity index (χ2v) is 8.67. The Labute approximate surface area is 164 Å². The third-order valence-electron chi connectivity index (χ3n) is 4.07. The van der Waals surface area contributed by atoms with Crippen LogP contribution in [0.25, 0.3) is 0 Å². The number of hydrogen-bond acceptors (Lipinski definition) is 7. The summed E-state index contributed by atoms with van der Waals surface area (Å²) in [6.45, 7) is 5.09. The molecule has 0 fully saturated rings. The van der Waals surface area contributed by atoms with Gasteiger partial charge in [0.05, 0.1) is 16.9 Å². The Morgan fingerprint density at radius 2 is 1.75 bits per heavy atom. The molecule has 156 valence electrons. The van der Waals surface area contributed by atoms with E-state index in [4.69, 9.17) is 0 Å². The largest absolute Gasteiger partial charge is 0.467 e. The highest BCUT2D eigenvalue weighted by atomic mass is 32.2. The lowest BCUT2D eigenvalue weighted by atomic mass is 10.0. The van der Waals surface area contributed by atoms with Gasteiger partial charge in [0.15, 0.2) is 0 Å². The Bertz CT molecular complexity index is 822. The average Bonchev–Trinajstić information content (AvgIpc) is 2.64. The maximum absolute atomic E-state index is 12.9. The molecule has 11 heteroatoms.